The van der Waals surface area contributed by atoms with Gasteiger partial charge in [0.2, 0.25) is 0 Å². The maximum Gasteiger partial charge on any atom is 0.0573 e. The van der Waals surface area contributed by atoms with Gasteiger partial charge in [0.05, 0.1) is 6.10 Å². The number of aliphatic hydroxyl groups is 1. The first-order valence-corrected chi connectivity index (χ1v) is 10.9. The summed E-state index contributed by atoms with van der Waals surface area (Å²) in [4.78, 5) is 0. The van der Waals surface area contributed by atoms with Crippen molar-refractivity contribution in [1.82, 2.24) is 0 Å². The van der Waals surface area contributed by atoms with E-state index in [-0.39, 0.29) is 6.10 Å². The fourth-order valence-electron chi connectivity index (χ4n) is 5.16. The highest BCUT2D eigenvalue weighted by Gasteiger charge is 2.39. The molecule has 4 atom stereocenters. The third-order valence-corrected chi connectivity index (χ3v) is 6.66. The van der Waals surface area contributed by atoms with Crippen LogP contribution >= 0.6 is 0 Å². The Morgan fingerprint density at radius 3 is 2.50 bits per heavy atom. The van der Waals surface area contributed by atoms with Gasteiger partial charge in [-0.2, -0.15) is 0 Å². The maximum absolute atomic E-state index is 10.7. The number of unbranched alkanes of at least 4 members (excludes halogenated alkanes) is 4. The molecular weight excluding hydrogens is 316 g/mol. The van der Waals surface area contributed by atoms with E-state index in [1.807, 2.05) is 0 Å². The molecule has 0 heterocycles. The second-order valence-electron chi connectivity index (χ2n) is 8.49. The van der Waals surface area contributed by atoms with Crippen molar-refractivity contribution in [2.45, 2.75) is 77.7 Å². The molecule has 0 saturated heterocycles. The summed E-state index contributed by atoms with van der Waals surface area (Å²) in [6.45, 7) is 4.64. The van der Waals surface area contributed by atoms with E-state index in [4.69, 9.17) is 0 Å². The molecule has 2 unspecified atom stereocenters. The molecule has 0 spiro atoms. The van der Waals surface area contributed by atoms with Crippen molar-refractivity contribution in [3.05, 3.63) is 48.0 Å². The molecule has 0 amide bonds. The van der Waals surface area contributed by atoms with E-state index in [9.17, 15) is 5.11 Å². The van der Waals surface area contributed by atoms with E-state index in [0.29, 0.717) is 17.8 Å². The highest BCUT2D eigenvalue weighted by Crippen LogP contribution is 2.42. The van der Waals surface area contributed by atoms with Gasteiger partial charge in [-0.25, -0.2) is 0 Å². The molecule has 0 bridgehead atoms. The monoisotopic (exact) mass is 352 g/mol. The fraction of sp³-hybridized carbons (Fsp3) is 0.600. The Morgan fingerprint density at radius 1 is 0.885 bits per heavy atom. The smallest absolute Gasteiger partial charge is 0.0573 e. The zero-order chi connectivity index (χ0) is 18.4. The second kappa shape index (κ2) is 9.55. The summed E-state index contributed by atoms with van der Waals surface area (Å²) in [5.41, 5.74) is 1.44. The van der Waals surface area contributed by atoms with Crippen LogP contribution in [0.5, 0.6) is 0 Å². The lowest BCUT2D eigenvalue weighted by atomic mass is 9.82. The first kappa shape index (κ1) is 19.4. The predicted octanol–water partition coefficient (Wildman–Crippen LogP) is 6.77. The minimum Gasteiger partial charge on any atom is -0.393 e. The van der Waals surface area contributed by atoms with Gasteiger partial charge in [0.1, 0.15) is 0 Å². The first-order chi connectivity index (χ1) is 12.7. The van der Waals surface area contributed by atoms with Crippen molar-refractivity contribution in [3.8, 4) is 0 Å². The van der Waals surface area contributed by atoms with Gasteiger partial charge in [-0.15, -0.1) is 0 Å². The molecule has 0 aromatic heterocycles. The van der Waals surface area contributed by atoms with Gasteiger partial charge in [-0.1, -0.05) is 88.4 Å². The van der Waals surface area contributed by atoms with Crippen LogP contribution in [0.1, 0.15) is 70.8 Å². The van der Waals surface area contributed by atoms with Crippen LogP contribution in [-0.2, 0) is 6.42 Å². The third kappa shape index (κ3) is 4.68. The number of fused-ring (bicyclic) bond motifs is 1. The Balaban J connectivity index is 1.60. The molecule has 2 aromatic rings. The summed E-state index contributed by atoms with van der Waals surface area (Å²) in [5, 5.41) is 13.4. The molecule has 2 aromatic carbocycles. The Kier molecular flexibility index (Phi) is 7.14. The van der Waals surface area contributed by atoms with Gasteiger partial charge >= 0.3 is 0 Å². The standard InChI is InChI=1S/C25H36O/c1-3-4-5-6-7-14-22-19(2)18-25(26)24(22)17-16-21-13-10-12-20-11-8-9-15-23(20)21/h8-13,15,19,22,24-26H,3-7,14,16-18H2,1-2H3/t19?,22-,24?,25+/m0/s1. The summed E-state index contributed by atoms with van der Waals surface area (Å²) in [6, 6.07) is 15.3. The SMILES string of the molecule is CCCCCCC[C@H]1C(C)C[C@@H](O)C1CCc1cccc2ccccc12. The average Bonchev–Trinajstić information content (AvgIpc) is 2.92. The maximum atomic E-state index is 10.7. The van der Waals surface area contributed by atoms with Gasteiger partial charge in [0, 0.05) is 0 Å². The Hall–Kier alpha value is -1.34. The number of hydrogen-bond donors (Lipinski definition) is 1. The molecule has 1 nitrogen and oxygen atoms in total. The zero-order valence-electron chi connectivity index (χ0n) is 16.7. The molecule has 0 radical (unpaired) electrons. The normalized spacial score (nSPS) is 25.8. The van der Waals surface area contributed by atoms with E-state index >= 15 is 0 Å². The van der Waals surface area contributed by atoms with E-state index in [1.54, 1.807) is 0 Å². The van der Waals surface area contributed by atoms with Crippen LogP contribution in [0.2, 0.25) is 0 Å². The number of hydrogen-bond acceptors (Lipinski definition) is 1. The van der Waals surface area contributed by atoms with Crippen molar-refractivity contribution in [2.75, 3.05) is 0 Å². The van der Waals surface area contributed by atoms with E-state index in [0.717, 1.165) is 19.3 Å². The summed E-state index contributed by atoms with van der Waals surface area (Å²) >= 11 is 0. The van der Waals surface area contributed by atoms with Crippen molar-refractivity contribution >= 4 is 10.8 Å². The molecule has 1 saturated carbocycles. The number of rotatable bonds is 9. The summed E-state index contributed by atoms with van der Waals surface area (Å²) < 4.78 is 0. The number of benzene rings is 2. The van der Waals surface area contributed by atoms with E-state index < -0.39 is 0 Å². The predicted molar refractivity (Wildman–Crippen MR) is 112 cm³/mol. The van der Waals surface area contributed by atoms with Crippen LogP contribution in [0.4, 0.5) is 0 Å². The molecule has 1 aliphatic rings. The lowest BCUT2D eigenvalue weighted by Gasteiger charge is -2.24. The molecule has 1 fully saturated rings. The molecule has 1 heteroatoms. The quantitative estimate of drug-likeness (QED) is 0.494. The minimum absolute atomic E-state index is 0.0966. The second-order valence-corrected chi connectivity index (χ2v) is 8.49. The van der Waals surface area contributed by atoms with Gasteiger partial charge < -0.3 is 5.11 Å². The zero-order valence-corrected chi connectivity index (χ0v) is 16.7. The first-order valence-electron chi connectivity index (χ1n) is 10.9. The molecule has 3 rings (SSSR count). The van der Waals surface area contributed by atoms with Gasteiger partial charge in [0.25, 0.3) is 0 Å². The molecule has 1 aliphatic carbocycles. The van der Waals surface area contributed by atoms with Crippen LogP contribution in [0.15, 0.2) is 42.5 Å². The van der Waals surface area contributed by atoms with Crippen molar-refractivity contribution in [2.24, 2.45) is 17.8 Å². The molecule has 1 N–H and O–H groups in total. The Labute approximate surface area is 159 Å². The van der Waals surface area contributed by atoms with Gasteiger partial charge in [0.15, 0.2) is 0 Å². The van der Waals surface area contributed by atoms with E-state index in [2.05, 4.69) is 56.3 Å². The van der Waals surface area contributed by atoms with Crippen LogP contribution in [0.25, 0.3) is 10.8 Å². The fourth-order valence-corrected chi connectivity index (χ4v) is 5.16. The van der Waals surface area contributed by atoms with Gasteiger partial charge in [-0.05, 0) is 59.8 Å². The topological polar surface area (TPSA) is 20.2 Å². The van der Waals surface area contributed by atoms with Crippen molar-refractivity contribution in [3.63, 3.8) is 0 Å². The third-order valence-electron chi connectivity index (χ3n) is 6.66. The van der Waals surface area contributed by atoms with Crippen LogP contribution < -0.4 is 0 Å². The van der Waals surface area contributed by atoms with E-state index in [1.165, 1.54) is 54.9 Å². The van der Waals surface area contributed by atoms with Crippen LogP contribution in [0, 0.1) is 17.8 Å². The summed E-state index contributed by atoms with van der Waals surface area (Å²) in [7, 11) is 0. The lowest BCUT2D eigenvalue weighted by molar-refractivity contribution is 0.109. The average molecular weight is 353 g/mol. The van der Waals surface area contributed by atoms with Crippen LogP contribution in [-0.4, -0.2) is 11.2 Å². The number of aliphatic hydroxyl groups excluding tert-OH is 1. The molecule has 142 valence electrons. The molecule has 26 heavy (non-hydrogen) atoms. The van der Waals surface area contributed by atoms with Gasteiger partial charge in [-0.3, -0.25) is 0 Å². The lowest BCUT2D eigenvalue weighted by Crippen LogP contribution is -2.21. The molecular formula is C25H36O. The minimum atomic E-state index is -0.0966. The highest BCUT2D eigenvalue weighted by molar-refractivity contribution is 5.85. The number of aryl methyl sites for hydroxylation is 1. The Bertz CT molecular complexity index is 671. The summed E-state index contributed by atoms with van der Waals surface area (Å²) in [6.07, 6.45) is 11.2. The van der Waals surface area contributed by atoms with Crippen molar-refractivity contribution < 1.29 is 5.11 Å². The summed E-state index contributed by atoms with van der Waals surface area (Å²) in [5.74, 6) is 1.87. The highest BCUT2D eigenvalue weighted by atomic mass is 16.3. The largest absolute Gasteiger partial charge is 0.393 e. The van der Waals surface area contributed by atoms with Crippen LogP contribution in [0.3, 0.4) is 0 Å². The van der Waals surface area contributed by atoms with Crippen molar-refractivity contribution in [1.29, 1.82) is 0 Å². The Morgan fingerprint density at radius 2 is 1.65 bits per heavy atom. The molecule has 0 aliphatic heterocycles.